The molecule has 3 aromatic carbocycles. The SMILES string of the molecule is COc1cc(/C=C/C(=O)O[C@H]2[C@@H](OC(=O)/C=C/c3cc(OC)c(O)c(OC)c3)O[C@H](CO[C@@H]3O[C@H](CO)[C@@H](O)[C@H](O)[C@H]3OC(=O)/C=C/c3cc(OC)c(O)c(OC)c3)[C@@H](O)[C@@H]2O)ccc1O. The molecule has 0 aromatic heterocycles. The van der Waals surface area contributed by atoms with E-state index in [1.807, 2.05) is 0 Å². The Hall–Kier alpha value is -6.63. The molecular formula is C44H50O22. The highest BCUT2D eigenvalue weighted by Gasteiger charge is 2.51. The minimum Gasteiger partial charge on any atom is -0.504 e. The van der Waals surface area contributed by atoms with Gasteiger partial charge in [-0.3, -0.25) is 0 Å². The summed E-state index contributed by atoms with van der Waals surface area (Å²) < 4.78 is 59.1. The molecular weight excluding hydrogens is 880 g/mol. The summed E-state index contributed by atoms with van der Waals surface area (Å²) in [5.41, 5.74) is 1.01. The van der Waals surface area contributed by atoms with Gasteiger partial charge in [0.15, 0.2) is 53.0 Å². The summed E-state index contributed by atoms with van der Waals surface area (Å²) in [5, 5.41) is 84.5. The van der Waals surface area contributed by atoms with Gasteiger partial charge < -0.3 is 93.0 Å². The molecule has 2 saturated heterocycles. The molecule has 8 N–H and O–H groups in total. The van der Waals surface area contributed by atoms with E-state index in [1.54, 1.807) is 0 Å². The van der Waals surface area contributed by atoms with Gasteiger partial charge in [0.1, 0.15) is 36.6 Å². The molecule has 3 aromatic rings. The lowest BCUT2D eigenvalue weighted by atomic mass is 9.98. The van der Waals surface area contributed by atoms with Gasteiger partial charge in [0.25, 0.3) is 0 Å². The number of hydrogen-bond donors (Lipinski definition) is 8. The highest BCUT2D eigenvalue weighted by molar-refractivity contribution is 5.89. The van der Waals surface area contributed by atoms with Crippen molar-refractivity contribution < 1.29 is 107 Å². The Bertz CT molecular complexity index is 2210. The Labute approximate surface area is 376 Å². The number of esters is 3. The number of aromatic hydroxyl groups is 3. The second-order valence-electron chi connectivity index (χ2n) is 14.3. The first-order chi connectivity index (χ1) is 31.5. The van der Waals surface area contributed by atoms with Crippen molar-refractivity contribution >= 4 is 36.1 Å². The van der Waals surface area contributed by atoms with Gasteiger partial charge in [-0.1, -0.05) is 6.07 Å². The van der Waals surface area contributed by atoms with Crippen molar-refractivity contribution in [2.75, 3.05) is 48.8 Å². The van der Waals surface area contributed by atoms with Crippen LogP contribution in [0.3, 0.4) is 0 Å². The summed E-state index contributed by atoms with van der Waals surface area (Å²) in [6.07, 6.45) is -11.6. The fourth-order valence-corrected chi connectivity index (χ4v) is 6.58. The van der Waals surface area contributed by atoms with Crippen LogP contribution in [0.15, 0.2) is 60.7 Å². The van der Waals surface area contributed by atoms with Crippen molar-refractivity contribution in [2.45, 2.75) is 61.4 Å². The third kappa shape index (κ3) is 12.2. The molecule has 0 spiro atoms. The van der Waals surface area contributed by atoms with Crippen LogP contribution in [0.2, 0.25) is 0 Å². The van der Waals surface area contributed by atoms with E-state index in [9.17, 15) is 55.2 Å². The normalized spacial score (nSPS) is 25.4. The Balaban J connectivity index is 1.36. The van der Waals surface area contributed by atoms with Crippen LogP contribution in [-0.2, 0) is 42.8 Å². The topological polar surface area (TPSA) is 315 Å². The molecule has 0 amide bonds. The van der Waals surface area contributed by atoms with Crippen molar-refractivity contribution in [1.82, 2.24) is 0 Å². The first kappa shape index (κ1) is 50.4. The molecule has 2 aliphatic heterocycles. The first-order valence-corrected chi connectivity index (χ1v) is 19.7. The van der Waals surface area contributed by atoms with E-state index in [0.717, 1.165) is 18.2 Å². The lowest BCUT2D eigenvalue weighted by Crippen LogP contribution is -2.63. The van der Waals surface area contributed by atoms with E-state index >= 15 is 0 Å². The number of carbonyl (C=O) groups excluding carboxylic acids is 3. The standard InChI is InChI=1S/C44H50O22/c1-56-25-14-21(6-10-24(25)46)7-11-32(47)65-42-40(55)38(53)31(63-44(42)66-34(49)13-9-23-17-28(59-4)36(51)29(18-23)60-5)20-61-43-41(39(54)37(52)30(19-45)62-43)64-33(48)12-8-22-15-26(57-2)35(50)27(16-22)58-3/h6-18,30-31,37-46,50-55H,19-20H2,1-5H3/b11-7+,12-8+,13-9+/t30-,31-,37-,38-,39+,40+,41-,42-,43-,44-/m1/s1. The number of hydrogen-bond acceptors (Lipinski definition) is 22. The average molecular weight is 931 g/mol. The Morgan fingerprint density at radius 2 is 0.924 bits per heavy atom. The zero-order valence-electron chi connectivity index (χ0n) is 36.0. The van der Waals surface area contributed by atoms with Gasteiger partial charge in [-0.25, -0.2) is 14.4 Å². The lowest BCUT2D eigenvalue weighted by molar-refractivity contribution is -0.328. The van der Waals surface area contributed by atoms with Crippen molar-refractivity contribution in [3.63, 3.8) is 0 Å². The largest absolute Gasteiger partial charge is 0.504 e. The average Bonchev–Trinajstić information content (AvgIpc) is 3.31. The monoisotopic (exact) mass is 930 g/mol. The van der Waals surface area contributed by atoms with Gasteiger partial charge in [0.2, 0.25) is 17.8 Å². The molecule has 0 unspecified atom stereocenters. The molecule has 2 heterocycles. The molecule has 0 radical (unpaired) electrons. The molecule has 22 nitrogen and oxygen atoms in total. The lowest BCUT2D eigenvalue weighted by Gasteiger charge is -2.43. The maximum atomic E-state index is 13.3. The summed E-state index contributed by atoms with van der Waals surface area (Å²) in [7, 11) is 6.53. The molecule has 5 rings (SSSR count). The number of phenols is 3. The molecule has 2 aliphatic rings. The molecule has 22 heteroatoms. The van der Waals surface area contributed by atoms with E-state index in [4.69, 9.17) is 52.1 Å². The van der Waals surface area contributed by atoms with Gasteiger partial charge in [0.05, 0.1) is 48.8 Å². The number of aliphatic hydroxyl groups is 5. The smallest absolute Gasteiger partial charge is 0.333 e. The summed E-state index contributed by atoms with van der Waals surface area (Å²) in [5.74, 6) is -3.87. The fourth-order valence-electron chi connectivity index (χ4n) is 6.58. The summed E-state index contributed by atoms with van der Waals surface area (Å²) in [6.45, 7) is -1.61. The molecule has 0 bridgehead atoms. The number of ether oxygens (including phenoxy) is 11. The van der Waals surface area contributed by atoms with Crippen LogP contribution >= 0.6 is 0 Å². The second-order valence-corrected chi connectivity index (χ2v) is 14.3. The van der Waals surface area contributed by atoms with Crippen molar-refractivity contribution in [2.24, 2.45) is 0 Å². The quantitative estimate of drug-likeness (QED) is 0.0491. The first-order valence-electron chi connectivity index (χ1n) is 19.7. The second kappa shape index (κ2) is 23.0. The minimum absolute atomic E-state index is 0.0163. The number of methoxy groups -OCH3 is 5. The number of benzene rings is 3. The Morgan fingerprint density at radius 1 is 0.530 bits per heavy atom. The van der Waals surface area contributed by atoms with Gasteiger partial charge in [-0.2, -0.15) is 0 Å². The van der Waals surface area contributed by atoms with Gasteiger partial charge in [-0.15, -0.1) is 0 Å². The molecule has 10 atom stereocenters. The number of carbonyl (C=O) groups is 3. The molecule has 0 aliphatic carbocycles. The zero-order valence-corrected chi connectivity index (χ0v) is 36.0. The van der Waals surface area contributed by atoms with E-state index in [0.29, 0.717) is 16.7 Å². The van der Waals surface area contributed by atoms with Crippen LogP contribution in [0.5, 0.6) is 46.0 Å². The highest BCUT2D eigenvalue weighted by Crippen LogP contribution is 2.39. The van der Waals surface area contributed by atoms with E-state index < -0.39 is 92.5 Å². The molecule has 358 valence electrons. The van der Waals surface area contributed by atoms with Crippen LogP contribution in [0.1, 0.15) is 16.7 Å². The van der Waals surface area contributed by atoms with Crippen molar-refractivity contribution in [1.29, 1.82) is 0 Å². The Morgan fingerprint density at radius 3 is 1.38 bits per heavy atom. The molecule has 66 heavy (non-hydrogen) atoms. The summed E-state index contributed by atoms with van der Waals surface area (Å²) in [4.78, 5) is 39.4. The highest BCUT2D eigenvalue weighted by atomic mass is 16.8. The summed E-state index contributed by atoms with van der Waals surface area (Å²) in [6, 6.07) is 9.71. The van der Waals surface area contributed by atoms with Crippen LogP contribution < -0.4 is 23.7 Å². The van der Waals surface area contributed by atoms with Crippen molar-refractivity contribution in [3.05, 3.63) is 77.4 Å². The maximum Gasteiger partial charge on any atom is 0.333 e. The van der Waals surface area contributed by atoms with Crippen LogP contribution in [0, 0.1) is 0 Å². The van der Waals surface area contributed by atoms with Crippen LogP contribution in [0.25, 0.3) is 18.2 Å². The van der Waals surface area contributed by atoms with Crippen LogP contribution in [-0.4, -0.2) is 169 Å². The zero-order chi connectivity index (χ0) is 48.2. The molecule has 0 saturated carbocycles. The molecule has 2 fully saturated rings. The predicted octanol–water partition coefficient (Wildman–Crippen LogP) is 0.556. The Kier molecular flexibility index (Phi) is 17.6. The van der Waals surface area contributed by atoms with Gasteiger partial charge >= 0.3 is 17.9 Å². The third-order valence-corrected chi connectivity index (χ3v) is 10.1. The predicted molar refractivity (Wildman–Crippen MR) is 224 cm³/mol. The number of rotatable bonds is 18. The van der Waals surface area contributed by atoms with Gasteiger partial charge in [-0.05, 0) is 71.3 Å². The van der Waals surface area contributed by atoms with E-state index in [2.05, 4.69) is 0 Å². The minimum atomic E-state index is -2.04. The fraction of sp³-hybridized carbons (Fsp3) is 0.386. The van der Waals surface area contributed by atoms with Gasteiger partial charge in [0, 0.05) is 18.2 Å². The summed E-state index contributed by atoms with van der Waals surface area (Å²) >= 11 is 0. The maximum absolute atomic E-state index is 13.3. The van der Waals surface area contributed by atoms with Crippen LogP contribution in [0.4, 0.5) is 0 Å². The number of aliphatic hydroxyl groups excluding tert-OH is 5. The number of phenolic OH excluding ortho intramolecular Hbond substituents is 3. The van der Waals surface area contributed by atoms with E-state index in [1.165, 1.54) is 96.2 Å². The third-order valence-electron chi connectivity index (χ3n) is 10.1. The van der Waals surface area contributed by atoms with E-state index in [-0.39, 0.29) is 46.0 Å². The van der Waals surface area contributed by atoms with Crippen molar-refractivity contribution in [3.8, 4) is 46.0 Å².